The molecule has 2 aromatic rings. The number of nitro benzene ring substituents is 3. The molecule has 144 valence electrons. The first-order valence-corrected chi connectivity index (χ1v) is 6.66. The van der Waals surface area contributed by atoms with E-state index >= 15 is 0 Å². The third-order valence-electron chi connectivity index (χ3n) is 3.38. The molecule has 0 spiro atoms. The molecule has 2 rings (SSSR count). The normalized spacial score (nSPS) is 10.3. The van der Waals surface area contributed by atoms with Gasteiger partial charge in [-0.2, -0.15) is 0 Å². The molecule has 0 saturated heterocycles. The van der Waals surface area contributed by atoms with Gasteiger partial charge in [0.25, 0.3) is 17.1 Å². The molecule has 0 bridgehead atoms. The Labute approximate surface area is 150 Å². The molecule has 0 radical (unpaired) electrons. The van der Waals surface area contributed by atoms with Crippen LogP contribution in [-0.4, -0.2) is 29.6 Å². The fraction of sp³-hybridized carbons (Fsp3) is 0. The van der Waals surface area contributed by atoms with Crippen molar-refractivity contribution in [2.45, 2.75) is 0 Å². The Kier molecular flexibility index (Phi) is 4.75. The third-order valence-corrected chi connectivity index (χ3v) is 3.38. The summed E-state index contributed by atoms with van der Waals surface area (Å²) in [6.45, 7) is 0. The summed E-state index contributed by atoms with van der Waals surface area (Å²) in [4.78, 5) is 53.2. The number of nitrogens with zero attached hydrogens (tertiary/aromatic N) is 6. The standard InChI is InChI=1S/C11H5N7O10/c12-11-10(18(27)28)9(7(3-13-11)17(25)26)8-5(15(21)22)1-4(14(19)20)2-6(8)16(23)24/h1-3H,(H2,12,13). The molecular formula is C11H5N7O10. The Morgan fingerprint density at radius 1 is 0.679 bits per heavy atom. The van der Waals surface area contributed by atoms with E-state index in [1.807, 2.05) is 0 Å². The number of pyridine rings is 1. The highest BCUT2D eigenvalue weighted by Crippen LogP contribution is 2.49. The van der Waals surface area contributed by atoms with E-state index in [0.717, 1.165) is 0 Å². The molecule has 2 N–H and O–H groups in total. The highest BCUT2D eigenvalue weighted by atomic mass is 16.6. The molecule has 0 aliphatic carbocycles. The zero-order valence-corrected chi connectivity index (χ0v) is 13.1. The lowest BCUT2D eigenvalue weighted by Crippen LogP contribution is -2.07. The van der Waals surface area contributed by atoms with Crippen molar-refractivity contribution in [2.75, 3.05) is 5.73 Å². The summed E-state index contributed by atoms with van der Waals surface area (Å²) in [5.74, 6) is -0.910. The Hall–Kier alpha value is -4.83. The maximum Gasteiger partial charge on any atom is 0.326 e. The second kappa shape index (κ2) is 6.82. The van der Waals surface area contributed by atoms with Crippen LogP contribution in [0.5, 0.6) is 0 Å². The number of non-ortho nitro benzene ring substituents is 1. The van der Waals surface area contributed by atoms with Crippen molar-refractivity contribution in [3.05, 3.63) is 68.9 Å². The summed E-state index contributed by atoms with van der Waals surface area (Å²) < 4.78 is 0. The second-order valence-corrected chi connectivity index (χ2v) is 4.90. The summed E-state index contributed by atoms with van der Waals surface area (Å²) in [6.07, 6.45) is 0.423. The molecule has 17 nitrogen and oxygen atoms in total. The van der Waals surface area contributed by atoms with Gasteiger partial charge in [-0.15, -0.1) is 0 Å². The van der Waals surface area contributed by atoms with Gasteiger partial charge in [-0.3, -0.25) is 50.6 Å². The van der Waals surface area contributed by atoms with Crippen LogP contribution in [0.25, 0.3) is 11.1 Å². The van der Waals surface area contributed by atoms with Gasteiger partial charge >= 0.3 is 11.4 Å². The minimum Gasteiger partial charge on any atom is -0.378 e. The SMILES string of the molecule is Nc1ncc([N+](=O)[O-])c(-c2c([N+](=O)[O-])cc([N+](=O)[O-])cc2[N+](=O)[O-])c1[N+](=O)[O-]. The molecule has 0 unspecified atom stereocenters. The predicted molar refractivity (Wildman–Crippen MR) is 87.4 cm³/mol. The molecule has 28 heavy (non-hydrogen) atoms. The lowest BCUT2D eigenvalue weighted by Gasteiger charge is -2.07. The van der Waals surface area contributed by atoms with Gasteiger partial charge in [0.15, 0.2) is 11.1 Å². The molecule has 1 aromatic carbocycles. The first-order chi connectivity index (χ1) is 13.0. The number of hydrogen-bond acceptors (Lipinski definition) is 12. The molecule has 0 fully saturated rings. The van der Waals surface area contributed by atoms with Gasteiger partial charge in [0.1, 0.15) is 6.20 Å². The zero-order chi connectivity index (χ0) is 21.3. The molecule has 17 heteroatoms. The smallest absolute Gasteiger partial charge is 0.326 e. The number of rotatable bonds is 6. The van der Waals surface area contributed by atoms with E-state index in [0.29, 0.717) is 6.20 Å². The van der Waals surface area contributed by atoms with Crippen LogP contribution >= 0.6 is 0 Å². The molecule has 1 heterocycles. The van der Waals surface area contributed by atoms with E-state index in [1.54, 1.807) is 0 Å². The lowest BCUT2D eigenvalue weighted by atomic mass is 9.98. The average Bonchev–Trinajstić information content (AvgIpc) is 2.59. The molecule has 0 aliphatic heterocycles. The highest BCUT2D eigenvalue weighted by Gasteiger charge is 2.41. The minimum atomic E-state index is -1.34. The van der Waals surface area contributed by atoms with E-state index in [-0.39, 0.29) is 12.1 Å². The molecule has 0 amide bonds. The first kappa shape index (κ1) is 19.5. The van der Waals surface area contributed by atoms with E-state index < -0.39 is 70.0 Å². The number of aromatic nitrogens is 1. The maximum atomic E-state index is 11.4. The van der Waals surface area contributed by atoms with Gasteiger partial charge < -0.3 is 5.73 Å². The number of hydrogen-bond donors (Lipinski definition) is 1. The van der Waals surface area contributed by atoms with Crippen molar-refractivity contribution < 1.29 is 24.6 Å². The monoisotopic (exact) mass is 395 g/mol. The van der Waals surface area contributed by atoms with Crippen LogP contribution in [-0.2, 0) is 0 Å². The van der Waals surface area contributed by atoms with Crippen molar-refractivity contribution in [3.8, 4) is 11.1 Å². The number of nitrogens with two attached hydrogens (primary N) is 1. The van der Waals surface area contributed by atoms with Crippen molar-refractivity contribution >= 4 is 34.3 Å². The fourth-order valence-electron chi connectivity index (χ4n) is 2.32. The largest absolute Gasteiger partial charge is 0.378 e. The second-order valence-electron chi connectivity index (χ2n) is 4.90. The number of nitro groups is 5. The van der Waals surface area contributed by atoms with Gasteiger partial charge in [-0.25, -0.2) is 4.98 Å². The molecule has 1 aromatic heterocycles. The van der Waals surface area contributed by atoms with Gasteiger partial charge in [-0.1, -0.05) is 0 Å². The summed E-state index contributed by atoms with van der Waals surface area (Å²) in [7, 11) is 0. The summed E-state index contributed by atoms with van der Waals surface area (Å²) in [5, 5.41) is 56.3. The minimum absolute atomic E-state index is 0.284. The van der Waals surface area contributed by atoms with Crippen LogP contribution in [0.3, 0.4) is 0 Å². The third kappa shape index (κ3) is 3.16. The quantitative estimate of drug-likeness (QED) is 0.543. The Balaban J connectivity index is 3.20. The summed E-state index contributed by atoms with van der Waals surface area (Å²) in [5.41, 5.74) is -3.26. The Morgan fingerprint density at radius 3 is 1.50 bits per heavy atom. The van der Waals surface area contributed by atoms with E-state index in [1.165, 1.54) is 0 Å². The molecular weight excluding hydrogens is 390 g/mol. The highest BCUT2D eigenvalue weighted by molar-refractivity contribution is 5.95. The number of nitrogen functional groups attached to an aromatic ring is 1. The van der Waals surface area contributed by atoms with Crippen LogP contribution in [0, 0.1) is 50.6 Å². The molecule has 0 aliphatic rings. The number of benzene rings is 1. The van der Waals surface area contributed by atoms with Crippen molar-refractivity contribution in [2.24, 2.45) is 0 Å². The van der Waals surface area contributed by atoms with E-state index in [9.17, 15) is 50.6 Å². The van der Waals surface area contributed by atoms with Gasteiger partial charge in [0.05, 0.1) is 36.7 Å². The Bertz CT molecular complexity index is 1050. The van der Waals surface area contributed by atoms with Gasteiger partial charge in [0.2, 0.25) is 5.82 Å². The van der Waals surface area contributed by atoms with Gasteiger partial charge in [0, 0.05) is 0 Å². The average molecular weight is 395 g/mol. The lowest BCUT2D eigenvalue weighted by molar-refractivity contribution is -0.403. The van der Waals surface area contributed by atoms with Crippen molar-refractivity contribution in [1.82, 2.24) is 4.98 Å². The zero-order valence-electron chi connectivity index (χ0n) is 13.1. The van der Waals surface area contributed by atoms with E-state index in [2.05, 4.69) is 4.98 Å². The van der Waals surface area contributed by atoms with Crippen molar-refractivity contribution in [1.29, 1.82) is 0 Å². The fourth-order valence-corrected chi connectivity index (χ4v) is 2.32. The predicted octanol–water partition coefficient (Wildman–Crippen LogP) is 1.87. The topological polar surface area (TPSA) is 255 Å². The van der Waals surface area contributed by atoms with Crippen LogP contribution in [0.15, 0.2) is 18.3 Å². The van der Waals surface area contributed by atoms with E-state index in [4.69, 9.17) is 5.73 Å². The Morgan fingerprint density at radius 2 is 1.14 bits per heavy atom. The van der Waals surface area contributed by atoms with Crippen LogP contribution in [0.4, 0.5) is 34.3 Å². The first-order valence-electron chi connectivity index (χ1n) is 6.66. The maximum absolute atomic E-state index is 11.4. The summed E-state index contributed by atoms with van der Waals surface area (Å²) >= 11 is 0. The van der Waals surface area contributed by atoms with Gasteiger partial charge in [-0.05, 0) is 0 Å². The van der Waals surface area contributed by atoms with Crippen LogP contribution in [0.2, 0.25) is 0 Å². The van der Waals surface area contributed by atoms with Crippen molar-refractivity contribution in [3.63, 3.8) is 0 Å². The molecule has 0 saturated carbocycles. The molecule has 0 atom stereocenters. The van der Waals surface area contributed by atoms with Crippen LogP contribution < -0.4 is 5.73 Å². The van der Waals surface area contributed by atoms with Crippen LogP contribution in [0.1, 0.15) is 0 Å². The summed E-state index contributed by atoms with van der Waals surface area (Å²) in [6, 6.07) is 0.568. The number of anilines is 1.